The Bertz CT molecular complexity index is 317. The number of nitriles is 1. The zero-order chi connectivity index (χ0) is 13.1. The first-order valence-electron chi connectivity index (χ1n) is 5.86. The summed E-state index contributed by atoms with van der Waals surface area (Å²) in [4.78, 5) is 13.4. The maximum absolute atomic E-state index is 11.8. The van der Waals surface area contributed by atoms with Gasteiger partial charge in [-0.25, -0.2) is 4.79 Å². The molecule has 0 spiro atoms. The predicted molar refractivity (Wildman–Crippen MR) is 62.2 cm³/mol. The van der Waals surface area contributed by atoms with E-state index in [2.05, 4.69) is 0 Å². The van der Waals surface area contributed by atoms with E-state index in [1.54, 1.807) is 4.90 Å². The quantitative estimate of drug-likeness (QED) is 0.754. The molecule has 2 atom stereocenters. The van der Waals surface area contributed by atoms with Crippen molar-refractivity contribution in [2.75, 3.05) is 13.1 Å². The van der Waals surface area contributed by atoms with Crippen molar-refractivity contribution >= 4 is 6.09 Å². The number of nitrogens with zero attached hydrogens (tertiary/aromatic N) is 2. The molecule has 1 fully saturated rings. The molecule has 1 saturated heterocycles. The fraction of sp³-hybridized carbons (Fsp3) is 0.833. The summed E-state index contributed by atoms with van der Waals surface area (Å²) in [5, 5.41) is 18.4. The fourth-order valence-corrected chi connectivity index (χ4v) is 1.83. The lowest BCUT2D eigenvalue weighted by Crippen LogP contribution is -2.47. The van der Waals surface area contributed by atoms with Crippen molar-refractivity contribution in [3.8, 4) is 6.07 Å². The second-order valence-corrected chi connectivity index (χ2v) is 5.40. The van der Waals surface area contributed by atoms with Crippen molar-refractivity contribution in [1.29, 1.82) is 5.26 Å². The van der Waals surface area contributed by atoms with E-state index in [4.69, 9.17) is 10.00 Å². The molecular weight excluding hydrogens is 220 g/mol. The van der Waals surface area contributed by atoms with Gasteiger partial charge in [-0.15, -0.1) is 0 Å². The number of hydrogen-bond donors (Lipinski definition) is 1. The number of carbonyl (C=O) groups excluding carboxylic acids is 1. The second kappa shape index (κ2) is 5.37. The van der Waals surface area contributed by atoms with Crippen LogP contribution in [0.3, 0.4) is 0 Å². The lowest BCUT2D eigenvalue weighted by molar-refractivity contribution is -0.00743. The van der Waals surface area contributed by atoms with E-state index in [0.717, 1.165) is 0 Å². The molecule has 0 aromatic carbocycles. The van der Waals surface area contributed by atoms with Crippen LogP contribution in [0, 0.1) is 17.2 Å². The Morgan fingerprint density at radius 1 is 1.59 bits per heavy atom. The first kappa shape index (κ1) is 13.8. The highest BCUT2D eigenvalue weighted by Gasteiger charge is 2.32. The van der Waals surface area contributed by atoms with Gasteiger partial charge in [-0.05, 0) is 27.2 Å². The third-order valence-electron chi connectivity index (χ3n) is 2.70. The average Bonchev–Trinajstić information content (AvgIpc) is 2.19. The highest BCUT2D eigenvalue weighted by Crippen LogP contribution is 2.21. The zero-order valence-corrected chi connectivity index (χ0v) is 10.6. The molecule has 1 N–H and O–H groups in total. The fourth-order valence-electron chi connectivity index (χ4n) is 1.83. The smallest absolute Gasteiger partial charge is 0.410 e. The van der Waals surface area contributed by atoms with Gasteiger partial charge in [0, 0.05) is 25.4 Å². The van der Waals surface area contributed by atoms with Gasteiger partial charge in [0.2, 0.25) is 0 Å². The molecule has 0 aromatic rings. The summed E-state index contributed by atoms with van der Waals surface area (Å²) in [5.41, 5.74) is -0.516. The third kappa shape index (κ3) is 4.23. The molecule has 1 amide bonds. The molecule has 0 unspecified atom stereocenters. The second-order valence-electron chi connectivity index (χ2n) is 5.40. The summed E-state index contributed by atoms with van der Waals surface area (Å²) >= 11 is 0. The number of rotatable bonds is 1. The van der Waals surface area contributed by atoms with E-state index in [0.29, 0.717) is 19.5 Å². The monoisotopic (exact) mass is 240 g/mol. The minimum atomic E-state index is -0.516. The third-order valence-corrected chi connectivity index (χ3v) is 2.70. The molecule has 0 aromatic heterocycles. The Kier molecular flexibility index (Phi) is 4.35. The van der Waals surface area contributed by atoms with Crippen molar-refractivity contribution < 1.29 is 14.6 Å². The van der Waals surface area contributed by atoms with E-state index in [-0.39, 0.29) is 18.4 Å². The normalized spacial score (nSPS) is 25.2. The molecule has 0 bridgehead atoms. The predicted octanol–water partition coefficient (Wildman–Crippen LogP) is 1.52. The molecule has 0 radical (unpaired) electrons. The van der Waals surface area contributed by atoms with Crippen molar-refractivity contribution in [1.82, 2.24) is 4.90 Å². The summed E-state index contributed by atoms with van der Waals surface area (Å²) in [5.74, 6) is -0.165. The molecule has 0 aliphatic carbocycles. The highest BCUT2D eigenvalue weighted by atomic mass is 16.6. The molecule has 1 aliphatic heterocycles. The van der Waals surface area contributed by atoms with Crippen molar-refractivity contribution in [2.24, 2.45) is 5.92 Å². The van der Waals surface area contributed by atoms with E-state index >= 15 is 0 Å². The van der Waals surface area contributed by atoms with Crippen LogP contribution in [0.4, 0.5) is 4.79 Å². The molecule has 1 heterocycles. The number of hydrogen-bond acceptors (Lipinski definition) is 4. The number of ether oxygens (including phenoxy) is 1. The van der Waals surface area contributed by atoms with E-state index in [9.17, 15) is 9.90 Å². The molecule has 1 aliphatic rings. The van der Waals surface area contributed by atoms with Crippen LogP contribution in [0.5, 0.6) is 0 Å². The minimum Gasteiger partial charge on any atom is -0.444 e. The summed E-state index contributed by atoms with van der Waals surface area (Å²) in [7, 11) is 0. The molecule has 17 heavy (non-hydrogen) atoms. The Balaban J connectivity index is 2.56. The van der Waals surface area contributed by atoms with E-state index < -0.39 is 11.7 Å². The lowest BCUT2D eigenvalue weighted by atomic mass is 9.92. The van der Waals surface area contributed by atoms with Gasteiger partial charge in [-0.2, -0.15) is 5.26 Å². The molecule has 96 valence electrons. The van der Waals surface area contributed by atoms with Crippen molar-refractivity contribution in [3.63, 3.8) is 0 Å². The Morgan fingerprint density at radius 3 is 2.76 bits per heavy atom. The maximum atomic E-state index is 11.8. The number of likely N-dealkylation sites (tertiary alicyclic amines) is 1. The van der Waals surface area contributed by atoms with Crippen LogP contribution in [0.25, 0.3) is 0 Å². The van der Waals surface area contributed by atoms with Gasteiger partial charge in [-0.1, -0.05) is 0 Å². The SMILES string of the molecule is CC(C)(C)OC(=O)N1CC[C@@H](O)[C@H](CC#N)C1. The summed E-state index contributed by atoms with van der Waals surface area (Å²) in [6.45, 7) is 6.32. The van der Waals surface area contributed by atoms with Crippen LogP contribution in [0.2, 0.25) is 0 Å². The van der Waals surface area contributed by atoms with Gasteiger partial charge in [-0.3, -0.25) is 0 Å². The molecule has 5 nitrogen and oxygen atoms in total. The van der Waals surface area contributed by atoms with Gasteiger partial charge in [0.15, 0.2) is 0 Å². The minimum absolute atomic E-state index is 0.165. The average molecular weight is 240 g/mol. The first-order chi connectivity index (χ1) is 7.83. The van der Waals surface area contributed by atoms with E-state index in [1.807, 2.05) is 26.8 Å². The summed E-state index contributed by atoms with van der Waals surface area (Å²) < 4.78 is 5.26. The standard InChI is InChI=1S/C12H20N2O3/c1-12(2,3)17-11(16)14-7-5-10(15)9(8-14)4-6-13/h9-10,15H,4-5,7-8H2,1-3H3/t9-,10-/m1/s1. The van der Waals surface area contributed by atoms with Crippen LogP contribution < -0.4 is 0 Å². The topological polar surface area (TPSA) is 73.6 Å². The van der Waals surface area contributed by atoms with Gasteiger partial charge in [0.25, 0.3) is 0 Å². The van der Waals surface area contributed by atoms with Crippen molar-refractivity contribution in [2.45, 2.75) is 45.3 Å². The highest BCUT2D eigenvalue weighted by molar-refractivity contribution is 5.68. The molecular formula is C12H20N2O3. The van der Waals surface area contributed by atoms with Crippen molar-refractivity contribution in [3.05, 3.63) is 0 Å². The molecule has 1 rings (SSSR count). The van der Waals surface area contributed by atoms with Crippen LogP contribution in [0.1, 0.15) is 33.6 Å². The number of amides is 1. The molecule has 0 saturated carbocycles. The van der Waals surface area contributed by atoms with Crippen LogP contribution in [-0.4, -0.2) is 40.9 Å². The van der Waals surface area contributed by atoms with Gasteiger partial charge >= 0.3 is 6.09 Å². The number of carbonyl (C=O) groups is 1. The van der Waals surface area contributed by atoms with Crippen LogP contribution >= 0.6 is 0 Å². The van der Waals surface area contributed by atoms with Gasteiger partial charge < -0.3 is 14.7 Å². The Hall–Kier alpha value is -1.28. The maximum Gasteiger partial charge on any atom is 0.410 e. The van der Waals surface area contributed by atoms with Crippen LogP contribution in [-0.2, 0) is 4.74 Å². The lowest BCUT2D eigenvalue weighted by Gasteiger charge is -2.36. The van der Waals surface area contributed by atoms with Gasteiger partial charge in [0.1, 0.15) is 5.60 Å². The number of piperidine rings is 1. The molecule has 5 heteroatoms. The summed E-state index contributed by atoms with van der Waals surface area (Å²) in [6.07, 6.45) is -0.0906. The number of aliphatic hydroxyl groups excluding tert-OH is 1. The summed E-state index contributed by atoms with van der Waals surface area (Å²) in [6, 6.07) is 2.04. The van der Waals surface area contributed by atoms with Crippen LogP contribution in [0.15, 0.2) is 0 Å². The Morgan fingerprint density at radius 2 is 2.24 bits per heavy atom. The van der Waals surface area contributed by atoms with Gasteiger partial charge in [0.05, 0.1) is 12.2 Å². The zero-order valence-electron chi connectivity index (χ0n) is 10.6. The first-order valence-corrected chi connectivity index (χ1v) is 5.86. The number of aliphatic hydroxyl groups is 1. The van der Waals surface area contributed by atoms with E-state index in [1.165, 1.54) is 0 Å². The Labute approximate surface area is 102 Å². The largest absolute Gasteiger partial charge is 0.444 e.